The van der Waals surface area contributed by atoms with E-state index in [1.165, 1.54) is 12.1 Å². The number of hydrogen-bond acceptors (Lipinski definition) is 4. The van der Waals surface area contributed by atoms with E-state index in [1.807, 2.05) is 0 Å². The minimum Gasteiger partial charge on any atom is -0.497 e. The van der Waals surface area contributed by atoms with E-state index in [2.05, 4.69) is 15.2 Å². The summed E-state index contributed by atoms with van der Waals surface area (Å²) in [5.74, 6) is 0.0721. The Bertz CT molecular complexity index is 981. The number of carbonyl (C=O) groups is 1. The Morgan fingerprint density at radius 2 is 1.83 bits per heavy atom. The van der Waals surface area contributed by atoms with E-state index < -0.39 is 15.9 Å². The molecule has 0 aliphatic rings. The fourth-order valence-corrected chi connectivity index (χ4v) is 3.06. The molecule has 0 unspecified atom stereocenters. The average Bonchev–Trinajstić information content (AvgIpc) is 3.03. The van der Waals surface area contributed by atoms with Gasteiger partial charge in [-0.15, -0.1) is 4.83 Å². The second-order valence-corrected chi connectivity index (χ2v) is 6.69. The standard InChI is InChI=1S/C16H15N3O4S/c1-23-12-7-8-14-11(9-12)10-15(17-14)16(20)18-19-24(21,22)13-5-3-2-4-6-13/h2-10,17,19H,1H3,(H,18,20). The molecule has 1 aromatic heterocycles. The monoisotopic (exact) mass is 345 g/mol. The summed E-state index contributed by atoms with van der Waals surface area (Å²) in [4.78, 5) is 17.2. The first kappa shape index (κ1) is 16.0. The molecule has 1 amide bonds. The van der Waals surface area contributed by atoms with Gasteiger partial charge in [0, 0.05) is 10.9 Å². The molecule has 0 aliphatic carbocycles. The van der Waals surface area contributed by atoms with E-state index in [0.29, 0.717) is 5.75 Å². The normalized spacial score (nSPS) is 11.4. The van der Waals surface area contributed by atoms with Crippen LogP contribution in [0.1, 0.15) is 10.5 Å². The van der Waals surface area contributed by atoms with Crippen LogP contribution in [0.15, 0.2) is 59.5 Å². The number of hydrogen-bond donors (Lipinski definition) is 3. The summed E-state index contributed by atoms with van der Waals surface area (Å²) in [5.41, 5.74) is 3.16. The molecule has 3 rings (SSSR count). The summed E-state index contributed by atoms with van der Waals surface area (Å²) in [5, 5.41) is 0.783. The number of carbonyl (C=O) groups excluding carboxylic acids is 1. The lowest BCUT2D eigenvalue weighted by atomic mass is 10.2. The number of ether oxygens (including phenoxy) is 1. The number of aromatic amines is 1. The maximum Gasteiger partial charge on any atom is 0.282 e. The van der Waals surface area contributed by atoms with Gasteiger partial charge in [-0.3, -0.25) is 10.2 Å². The zero-order chi connectivity index (χ0) is 17.2. The van der Waals surface area contributed by atoms with Crippen molar-refractivity contribution in [3.8, 4) is 5.75 Å². The van der Waals surface area contributed by atoms with Crippen molar-refractivity contribution < 1.29 is 17.9 Å². The fourth-order valence-electron chi connectivity index (χ4n) is 2.20. The molecule has 3 aromatic rings. The number of rotatable bonds is 5. The number of methoxy groups -OCH3 is 1. The zero-order valence-corrected chi connectivity index (χ0v) is 13.6. The van der Waals surface area contributed by atoms with Gasteiger partial charge in [0.2, 0.25) is 0 Å². The van der Waals surface area contributed by atoms with Gasteiger partial charge in [-0.1, -0.05) is 18.2 Å². The summed E-state index contributed by atoms with van der Waals surface area (Å²) in [6, 6.07) is 14.7. The van der Waals surface area contributed by atoms with Gasteiger partial charge in [-0.25, -0.2) is 8.42 Å². The summed E-state index contributed by atoms with van der Waals surface area (Å²) in [6.07, 6.45) is 0. The minimum absolute atomic E-state index is 0.0617. The van der Waals surface area contributed by atoms with Gasteiger partial charge >= 0.3 is 0 Å². The SMILES string of the molecule is COc1ccc2[nH]c(C(=O)NNS(=O)(=O)c3ccccc3)cc2c1. The van der Waals surface area contributed by atoms with Crippen LogP contribution in [0.4, 0.5) is 0 Å². The Kier molecular flexibility index (Phi) is 4.24. The largest absolute Gasteiger partial charge is 0.497 e. The van der Waals surface area contributed by atoms with Crippen molar-refractivity contribution >= 4 is 26.8 Å². The molecule has 124 valence electrons. The first-order valence-corrected chi connectivity index (χ1v) is 8.52. The molecule has 0 fully saturated rings. The van der Waals surface area contributed by atoms with Gasteiger partial charge in [-0.05, 0) is 36.4 Å². The van der Waals surface area contributed by atoms with Crippen LogP contribution in [0.5, 0.6) is 5.75 Å². The van der Waals surface area contributed by atoms with Crippen LogP contribution in [0.2, 0.25) is 0 Å². The van der Waals surface area contributed by atoms with Crippen molar-refractivity contribution in [3.63, 3.8) is 0 Å². The van der Waals surface area contributed by atoms with Gasteiger partial charge in [0.1, 0.15) is 11.4 Å². The van der Waals surface area contributed by atoms with Crippen LogP contribution in [-0.2, 0) is 10.0 Å². The highest BCUT2D eigenvalue weighted by Crippen LogP contribution is 2.21. The van der Waals surface area contributed by atoms with E-state index in [1.54, 1.807) is 49.6 Å². The highest BCUT2D eigenvalue weighted by atomic mass is 32.2. The Morgan fingerprint density at radius 1 is 1.08 bits per heavy atom. The quantitative estimate of drug-likeness (QED) is 0.614. The lowest BCUT2D eigenvalue weighted by Crippen LogP contribution is -2.41. The first-order chi connectivity index (χ1) is 11.5. The molecule has 0 radical (unpaired) electrons. The third-order valence-electron chi connectivity index (χ3n) is 3.42. The topological polar surface area (TPSA) is 100 Å². The molecule has 7 nitrogen and oxygen atoms in total. The summed E-state index contributed by atoms with van der Waals surface area (Å²) in [6.45, 7) is 0. The number of nitrogens with one attached hydrogen (secondary N) is 3. The predicted octanol–water partition coefficient (Wildman–Crippen LogP) is 1.80. The Morgan fingerprint density at radius 3 is 2.54 bits per heavy atom. The fraction of sp³-hybridized carbons (Fsp3) is 0.0625. The molecule has 0 aliphatic heterocycles. The molecule has 0 saturated heterocycles. The predicted molar refractivity (Wildman–Crippen MR) is 89.1 cm³/mol. The van der Waals surface area contributed by atoms with E-state index in [9.17, 15) is 13.2 Å². The second-order valence-electron chi connectivity index (χ2n) is 5.01. The number of sulfonamides is 1. The maximum absolute atomic E-state index is 12.1. The third-order valence-corrected chi connectivity index (χ3v) is 4.69. The molecular formula is C16H15N3O4S. The summed E-state index contributed by atoms with van der Waals surface area (Å²) in [7, 11) is -2.26. The van der Waals surface area contributed by atoms with Crippen LogP contribution >= 0.6 is 0 Å². The van der Waals surface area contributed by atoms with Crippen molar-refractivity contribution in [2.45, 2.75) is 4.90 Å². The van der Waals surface area contributed by atoms with Gasteiger partial charge in [0.25, 0.3) is 15.9 Å². The molecule has 0 atom stereocenters. The molecule has 2 aromatic carbocycles. The minimum atomic E-state index is -3.82. The Balaban J connectivity index is 1.75. The molecule has 0 spiro atoms. The number of benzene rings is 2. The molecule has 0 saturated carbocycles. The smallest absolute Gasteiger partial charge is 0.282 e. The number of amides is 1. The lowest BCUT2D eigenvalue weighted by Gasteiger charge is -2.07. The van der Waals surface area contributed by atoms with Crippen LogP contribution in [0.25, 0.3) is 10.9 Å². The van der Waals surface area contributed by atoms with Crippen LogP contribution in [-0.4, -0.2) is 26.4 Å². The Hall–Kier alpha value is -2.84. The van der Waals surface area contributed by atoms with E-state index in [0.717, 1.165) is 10.9 Å². The van der Waals surface area contributed by atoms with Crippen molar-refractivity contribution in [3.05, 3.63) is 60.3 Å². The molecule has 3 N–H and O–H groups in total. The van der Waals surface area contributed by atoms with Gasteiger partial charge in [-0.2, -0.15) is 0 Å². The van der Waals surface area contributed by atoms with Crippen molar-refractivity contribution in [1.82, 2.24) is 15.2 Å². The first-order valence-electron chi connectivity index (χ1n) is 7.03. The van der Waals surface area contributed by atoms with Crippen LogP contribution in [0, 0.1) is 0 Å². The molecule has 24 heavy (non-hydrogen) atoms. The number of hydrazine groups is 1. The highest BCUT2D eigenvalue weighted by Gasteiger charge is 2.16. The number of H-pyrrole nitrogens is 1. The Labute approximate surface area is 138 Å². The molecule has 8 heteroatoms. The van der Waals surface area contributed by atoms with Gasteiger partial charge < -0.3 is 9.72 Å². The van der Waals surface area contributed by atoms with Gasteiger partial charge in [0.15, 0.2) is 0 Å². The number of fused-ring (bicyclic) bond motifs is 1. The average molecular weight is 345 g/mol. The van der Waals surface area contributed by atoms with Gasteiger partial charge in [0.05, 0.1) is 12.0 Å². The van der Waals surface area contributed by atoms with E-state index in [4.69, 9.17) is 4.74 Å². The van der Waals surface area contributed by atoms with E-state index >= 15 is 0 Å². The highest BCUT2D eigenvalue weighted by molar-refractivity contribution is 7.89. The number of aromatic nitrogens is 1. The van der Waals surface area contributed by atoms with Crippen molar-refractivity contribution in [2.24, 2.45) is 0 Å². The lowest BCUT2D eigenvalue weighted by molar-refractivity contribution is 0.0941. The summed E-state index contributed by atoms with van der Waals surface area (Å²) >= 11 is 0. The van der Waals surface area contributed by atoms with Crippen molar-refractivity contribution in [2.75, 3.05) is 7.11 Å². The maximum atomic E-state index is 12.1. The zero-order valence-electron chi connectivity index (χ0n) is 12.7. The molecule has 0 bridgehead atoms. The molecular weight excluding hydrogens is 330 g/mol. The van der Waals surface area contributed by atoms with E-state index in [-0.39, 0.29) is 10.6 Å². The third kappa shape index (κ3) is 3.24. The van der Waals surface area contributed by atoms with Crippen LogP contribution in [0.3, 0.4) is 0 Å². The second kappa shape index (κ2) is 6.34. The summed E-state index contributed by atoms with van der Waals surface area (Å²) < 4.78 is 29.3. The molecule has 1 heterocycles. The van der Waals surface area contributed by atoms with Crippen molar-refractivity contribution in [1.29, 1.82) is 0 Å². The van der Waals surface area contributed by atoms with Crippen LogP contribution < -0.4 is 15.0 Å².